The van der Waals surface area contributed by atoms with Gasteiger partial charge < -0.3 is 10.2 Å². The molecule has 0 aromatic heterocycles. The summed E-state index contributed by atoms with van der Waals surface area (Å²) in [6, 6.07) is 0. The monoisotopic (exact) mass is 208 g/mol. The lowest BCUT2D eigenvalue weighted by Gasteiger charge is -2.27. The van der Waals surface area contributed by atoms with Gasteiger partial charge in [-0.25, -0.2) is 0 Å². The van der Waals surface area contributed by atoms with Crippen LogP contribution in [-0.4, -0.2) is 36.3 Å². The Hall–Kier alpha value is -1.50. The van der Waals surface area contributed by atoms with Gasteiger partial charge in [-0.2, -0.15) is 0 Å². The molecule has 82 valence electrons. The van der Waals surface area contributed by atoms with Crippen LogP contribution in [0.1, 0.15) is 19.8 Å². The number of terminal acetylenes is 1. The summed E-state index contributed by atoms with van der Waals surface area (Å²) in [5, 5.41) is 2.70. The van der Waals surface area contributed by atoms with Crippen molar-refractivity contribution in [2.45, 2.75) is 19.8 Å². The molecule has 4 heteroatoms. The predicted octanol–water partition coefficient (Wildman–Crippen LogP) is -0.00570. The van der Waals surface area contributed by atoms with Crippen LogP contribution < -0.4 is 5.32 Å². The zero-order chi connectivity index (χ0) is 11.3. The third-order valence-corrected chi connectivity index (χ3v) is 2.59. The second kappa shape index (κ2) is 5.40. The first kappa shape index (κ1) is 11.6. The summed E-state index contributed by atoms with van der Waals surface area (Å²) in [6.45, 7) is 3.31. The van der Waals surface area contributed by atoms with Crippen LogP contribution in [0.5, 0.6) is 0 Å². The highest BCUT2D eigenvalue weighted by Gasteiger charge is 2.27. The molecule has 15 heavy (non-hydrogen) atoms. The topological polar surface area (TPSA) is 49.4 Å². The summed E-state index contributed by atoms with van der Waals surface area (Å²) in [4.78, 5) is 24.5. The Morgan fingerprint density at radius 2 is 2.47 bits per heavy atom. The van der Waals surface area contributed by atoms with Crippen molar-refractivity contribution in [2.24, 2.45) is 5.92 Å². The molecule has 0 spiro atoms. The largest absolute Gasteiger partial charge is 0.355 e. The van der Waals surface area contributed by atoms with Crippen LogP contribution in [0.15, 0.2) is 0 Å². The van der Waals surface area contributed by atoms with E-state index in [9.17, 15) is 9.59 Å². The third kappa shape index (κ3) is 2.98. The molecule has 1 saturated heterocycles. The Labute approximate surface area is 90.0 Å². The number of hydrogen-bond acceptors (Lipinski definition) is 2. The van der Waals surface area contributed by atoms with Gasteiger partial charge in [0.1, 0.15) is 0 Å². The number of hydrogen-bond donors (Lipinski definition) is 1. The van der Waals surface area contributed by atoms with E-state index in [1.807, 2.05) is 6.92 Å². The van der Waals surface area contributed by atoms with Gasteiger partial charge in [0.2, 0.25) is 11.8 Å². The van der Waals surface area contributed by atoms with Gasteiger partial charge in [-0.05, 0) is 13.3 Å². The summed E-state index contributed by atoms with van der Waals surface area (Å²) in [5.41, 5.74) is 0. The van der Waals surface area contributed by atoms with Crippen LogP contribution in [0.3, 0.4) is 0 Å². The molecule has 1 aliphatic rings. The van der Waals surface area contributed by atoms with Gasteiger partial charge in [-0.15, -0.1) is 6.42 Å². The van der Waals surface area contributed by atoms with Crippen LogP contribution in [0.4, 0.5) is 0 Å². The zero-order valence-electron chi connectivity index (χ0n) is 8.95. The van der Waals surface area contributed by atoms with Crippen molar-refractivity contribution >= 4 is 11.8 Å². The summed E-state index contributed by atoms with van der Waals surface area (Å²) < 4.78 is 0. The van der Waals surface area contributed by atoms with Gasteiger partial charge in [-0.1, -0.05) is 5.92 Å². The quantitative estimate of drug-likeness (QED) is 0.663. The molecule has 1 atom stereocenters. The maximum Gasteiger partial charge on any atom is 0.228 e. The van der Waals surface area contributed by atoms with Gasteiger partial charge in [0, 0.05) is 19.5 Å². The fourth-order valence-corrected chi connectivity index (χ4v) is 1.66. The maximum atomic E-state index is 11.9. The summed E-state index contributed by atoms with van der Waals surface area (Å²) in [7, 11) is 0. The first-order valence-electron chi connectivity index (χ1n) is 5.18. The van der Waals surface area contributed by atoms with Crippen LogP contribution in [0.25, 0.3) is 0 Å². The van der Waals surface area contributed by atoms with Crippen molar-refractivity contribution in [1.29, 1.82) is 0 Å². The highest BCUT2D eigenvalue weighted by molar-refractivity contribution is 5.83. The molecule has 1 N–H and O–H groups in total. The van der Waals surface area contributed by atoms with Crippen molar-refractivity contribution in [3.05, 3.63) is 0 Å². The van der Waals surface area contributed by atoms with E-state index < -0.39 is 0 Å². The van der Waals surface area contributed by atoms with Crippen LogP contribution in [0.2, 0.25) is 0 Å². The average Bonchev–Trinajstić information content (AvgIpc) is 2.26. The standard InChI is InChI=1S/C11H16N2O2/c1-3-7-13(4-2)11(15)9-5-6-10(14)12-8-9/h1,9H,4-8H2,2H3,(H,12,14). The van der Waals surface area contributed by atoms with E-state index in [0.717, 1.165) is 0 Å². The Morgan fingerprint density at radius 3 is 2.93 bits per heavy atom. The molecule has 2 amide bonds. The molecule has 1 aliphatic heterocycles. The van der Waals surface area contributed by atoms with E-state index in [-0.39, 0.29) is 17.7 Å². The minimum absolute atomic E-state index is 0.0269. The lowest BCUT2D eigenvalue weighted by Crippen LogP contribution is -2.44. The minimum atomic E-state index is -0.101. The summed E-state index contributed by atoms with van der Waals surface area (Å²) >= 11 is 0. The fourth-order valence-electron chi connectivity index (χ4n) is 1.66. The molecule has 0 aliphatic carbocycles. The number of piperidine rings is 1. The first-order valence-corrected chi connectivity index (χ1v) is 5.18. The van der Waals surface area contributed by atoms with Gasteiger partial charge in [0.05, 0.1) is 12.5 Å². The molecule has 1 heterocycles. The molecule has 4 nitrogen and oxygen atoms in total. The molecule has 0 bridgehead atoms. The smallest absolute Gasteiger partial charge is 0.228 e. The number of rotatable bonds is 3. The zero-order valence-corrected chi connectivity index (χ0v) is 8.95. The lowest BCUT2D eigenvalue weighted by atomic mass is 9.97. The van der Waals surface area contributed by atoms with Crippen LogP contribution >= 0.6 is 0 Å². The van der Waals surface area contributed by atoms with Crippen molar-refractivity contribution in [2.75, 3.05) is 19.6 Å². The van der Waals surface area contributed by atoms with E-state index in [2.05, 4.69) is 11.2 Å². The normalized spacial score (nSPS) is 20.3. The molecular formula is C11H16N2O2. The second-order valence-corrected chi connectivity index (χ2v) is 3.60. The Bertz CT molecular complexity index is 283. The van der Waals surface area contributed by atoms with Crippen LogP contribution in [-0.2, 0) is 9.59 Å². The van der Waals surface area contributed by atoms with Crippen molar-refractivity contribution in [1.82, 2.24) is 10.2 Å². The van der Waals surface area contributed by atoms with E-state index >= 15 is 0 Å². The van der Waals surface area contributed by atoms with Crippen molar-refractivity contribution in [3.63, 3.8) is 0 Å². The molecule has 1 fully saturated rings. The van der Waals surface area contributed by atoms with E-state index in [4.69, 9.17) is 6.42 Å². The highest BCUT2D eigenvalue weighted by Crippen LogP contribution is 2.13. The number of carbonyl (C=O) groups is 2. The molecule has 0 radical (unpaired) electrons. The number of amides is 2. The highest BCUT2D eigenvalue weighted by atomic mass is 16.2. The molecule has 0 aromatic rings. The van der Waals surface area contributed by atoms with Gasteiger partial charge in [0.25, 0.3) is 0 Å². The van der Waals surface area contributed by atoms with Gasteiger partial charge >= 0.3 is 0 Å². The molecule has 0 aromatic carbocycles. The summed E-state index contributed by atoms with van der Waals surface area (Å²) in [6.07, 6.45) is 6.25. The average molecular weight is 208 g/mol. The number of nitrogens with one attached hydrogen (secondary N) is 1. The van der Waals surface area contributed by atoms with Crippen molar-refractivity contribution < 1.29 is 9.59 Å². The second-order valence-electron chi connectivity index (χ2n) is 3.60. The molecule has 0 saturated carbocycles. The van der Waals surface area contributed by atoms with E-state index in [0.29, 0.717) is 32.5 Å². The van der Waals surface area contributed by atoms with Crippen molar-refractivity contribution in [3.8, 4) is 12.3 Å². The maximum absolute atomic E-state index is 11.9. The predicted molar refractivity (Wildman–Crippen MR) is 56.8 cm³/mol. The SMILES string of the molecule is C#CCN(CC)C(=O)C1CCC(=O)NC1. The minimum Gasteiger partial charge on any atom is -0.355 e. The fraction of sp³-hybridized carbons (Fsp3) is 0.636. The molecular weight excluding hydrogens is 192 g/mol. The third-order valence-electron chi connectivity index (χ3n) is 2.59. The van der Waals surface area contributed by atoms with Gasteiger partial charge in [-0.3, -0.25) is 9.59 Å². The Balaban J connectivity index is 2.52. The van der Waals surface area contributed by atoms with E-state index in [1.165, 1.54) is 0 Å². The lowest BCUT2D eigenvalue weighted by molar-refractivity contribution is -0.136. The Kier molecular flexibility index (Phi) is 4.17. The van der Waals surface area contributed by atoms with Crippen LogP contribution in [0, 0.1) is 18.3 Å². The number of nitrogens with zero attached hydrogens (tertiary/aromatic N) is 1. The molecule has 1 rings (SSSR count). The summed E-state index contributed by atoms with van der Waals surface area (Å²) in [5.74, 6) is 2.44. The first-order chi connectivity index (χ1) is 7.19. The molecule has 1 unspecified atom stereocenters. The van der Waals surface area contributed by atoms with E-state index in [1.54, 1.807) is 4.90 Å². The Morgan fingerprint density at radius 1 is 1.73 bits per heavy atom. The van der Waals surface area contributed by atoms with Gasteiger partial charge in [0.15, 0.2) is 0 Å². The number of carbonyl (C=O) groups excluding carboxylic acids is 2.